The second-order valence-electron chi connectivity index (χ2n) is 3.06. The Bertz CT molecular complexity index is 551. The largest absolute Gasteiger partial charge is 0.284 e. The van der Waals surface area contributed by atoms with Crippen LogP contribution >= 0.6 is 11.3 Å². The van der Waals surface area contributed by atoms with Crippen LogP contribution in [0.2, 0.25) is 0 Å². The van der Waals surface area contributed by atoms with Gasteiger partial charge in [-0.3, -0.25) is 5.10 Å². The molecule has 1 radical (unpaired) electrons. The van der Waals surface area contributed by atoms with Gasteiger partial charge in [-0.15, -0.1) is 11.3 Å². The first-order valence-corrected chi connectivity index (χ1v) is 5.21. The normalized spacial score (nSPS) is 10.9. The maximum atomic E-state index is 3.84. The molecule has 0 unspecified atom stereocenters. The summed E-state index contributed by atoms with van der Waals surface area (Å²) in [6, 6.07) is 8.37. The Morgan fingerprint density at radius 2 is 2.21 bits per heavy atom. The standard InChI is InChI=1S/C11H7N2S/c1-2-4-11-9(3-1)10(7-14-11)8-5-12-13-6-8/h1-5,7H,(H,12,13). The van der Waals surface area contributed by atoms with E-state index < -0.39 is 0 Å². The molecule has 1 aromatic carbocycles. The third-order valence-electron chi connectivity index (χ3n) is 2.22. The highest BCUT2D eigenvalue weighted by molar-refractivity contribution is 7.17. The molecule has 3 aromatic rings. The van der Waals surface area contributed by atoms with E-state index in [1.54, 1.807) is 11.3 Å². The van der Waals surface area contributed by atoms with E-state index in [-0.39, 0.29) is 0 Å². The number of fused-ring (bicyclic) bond motifs is 1. The van der Waals surface area contributed by atoms with Crippen LogP contribution in [-0.4, -0.2) is 10.2 Å². The highest BCUT2D eigenvalue weighted by Gasteiger charge is 2.06. The van der Waals surface area contributed by atoms with Crippen LogP contribution in [0, 0.1) is 6.20 Å². The molecule has 67 valence electrons. The Hall–Kier alpha value is -1.61. The highest BCUT2D eigenvalue weighted by atomic mass is 32.1. The van der Waals surface area contributed by atoms with Gasteiger partial charge >= 0.3 is 0 Å². The number of hydrogen-bond acceptors (Lipinski definition) is 2. The molecule has 0 saturated heterocycles. The summed E-state index contributed by atoms with van der Waals surface area (Å²) in [6.45, 7) is 0. The lowest BCUT2D eigenvalue weighted by Gasteiger charge is -1.92. The summed E-state index contributed by atoms with van der Waals surface area (Å²) in [7, 11) is 0. The zero-order chi connectivity index (χ0) is 9.38. The van der Waals surface area contributed by atoms with Gasteiger partial charge in [-0.25, -0.2) is 0 Å². The topological polar surface area (TPSA) is 28.7 Å². The van der Waals surface area contributed by atoms with Gasteiger partial charge in [0.1, 0.15) is 6.20 Å². The molecular weight excluding hydrogens is 192 g/mol. The Morgan fingerprint density at radius 3 is 3.07 bits per heavy atom. The average Bonchev–Trinajstić information content (AvgIpc) is 2.85. The Labute approximate surface area is 85.2 Å². The first-order valence-electron chi connectivity index (χ1n) is 4.33. The molecule has 2 aromatic heterocycles. The maximum absolute atomic E-state index is 3.84. The van der Waals surface area contributed by atoms with Gasteiger partial charge in [0.25, 0.3) is 0 Å². The van der Waals surface area contributed by atoms with E-state index in [1.807, 2.05) is 6.20 Å². The van der Waals surface area contributed by atoms with Crippen molar-refractivity contribution in [2.24, 2.45) is 0 Å². The van der Waals surface area contributed by atoms with Crippen LogP contribution in [-0.2, 0) is 0 Å². The number of hydrogen-bond donors (Lipinski definition) is 1. The van der Waals surface area contributed by atoms with Gasteiger partial charge in [0.15, 0.2) is 0 Å². The van der Waals surface area contributed by atoms with Crippen LogP contribution in [0.5, 0.6) is 0 Å². The van der Waals surface area contributed by atoms with Crippen molar-refractivity contribution in [2.75, 3.05) is 0 Å². The molecule has 0 fully saturated rings. The number of thiophene rings is 1. The molecule has 0 bridgehead atoms. The van der Waals surface area contributed by atoms with E-state index in [9.17, 15) is 0 Å². The van der Waals surface area contributed by atoms with Gasteiger partial charge in [-0.1, -0.05) is 18.2 Å². The lowest BCUT2D eigenvalue weighted by Crippen LogP contribution is -1.69. The molecule has 0 saturated carbocycles. The number of H-pyrrole nitrogens is 1. The second kappa shape index (κ2) is 2.96. The molecule has 0 aliphatic carbocycles. The molecule has 1 N–H and O–H groups in total. The lowest BCUT2D eigenvalue weighted by atomic mass is 10.1. The molecule has 2 nitrogen and oxygen atoms in total. The summed E-state index contributed by atoms with van der Waals surface area (Å²) in [5.41, 5.74) is 2.24. The minimum atomic E-state index is 1.03. The SMILES string of the molecule is [c]1n[nH]cc1-c1csc2ccccc12. The van der Waals surface area contributed by atoms with Crippen LogP contribution in [0.4, 0.5) is 0 Å². The first-order chi connectivity index (χ1) is 6.95. The smallest absolute Gasteiger partial charge is 0.121 e. The van der Waals surface area contributed by atoms with Crippen LogP contribution in [0.25, 0.3) is 21.2 Å². The lowest BCUT2D eigenvalue weighted by molar-refractivity contribution is 1.08. The van der Waals surface area contributed by atoms with Gasteiger partial charge in [0, 0.05) is 27.4 Å². The van der Waals surface area contributed by atoms with E-state index in [4.69, 9.17) is 0 Å². The van der Waals surface area contributed by atoms with Gasteiger partial charge in [0.05, 0.1) is 0 Å². The Kier molecular flexibility index (Phi) is 1.64. The fourth-order valence-corrected chi connectivity index (χ4v) is 2.51. The summed E-state index contributed by atoms with van der Waals surface area (Å²) in [5, 5.41) is 10.0. The zero-order valence-corrected chi connectivity index (χ0v) is 8.14. The van der Waals surface area contributed by atoms with Gasteiger partial charge in [-0.2, -0.15) is 5.10 Å². The molecule has 3 rings (SSSR count). The molecule has 0 aliphatic heterocycles. The molecule has 14 heavy (non-hydrogen) atoms. The number of aromatic amines is 1. The van der Waals surface area contributed by atoms with Gasteiger partial charge in [0.2, 0.25) is 0 Å². The number of benzene rings is 1. The fraction of sp³-hybridized carbons (Fsp3) is 0. The predicted octanol–water partition coefficient (Wildman–Crippen LogP) is 3.09. The van der Waals surface area contributed by atoms with E-state index in [2.05, 4.69) is 46.0 Å². The minimum Gasteiger partial charge on any atom is -0.284 e. The van der Waals surface area contributed by atoms with Crippen molar-refractivity contribution >= 4 is 21.4 Å². The van der Waals surface area contributed by atoms with E-state index in [1.165, 1.54) is 15.6 Å². The van der Waals surface area contributed by atoms with Crippen LogP contribution < -0.4 is 0 Å². The molecule has 0 spiro atoms. The number of rotatable bonds is 1. The molecule has 0 aliphatic rings. The monoisotopic (exact) mass is 199 g/mol. The summed E-state index contributed by atoms with van der Waals surface area (Å²) in [5.74, 6) is 0. The summed E-state index contributed by atoms with van der Waals surface area (Å²) < 4.78 is 1.30. The molecule has 3 heteroatoms. The van der Waals surface area contributed by atoms with E-state index >= 15 is 0 Å². The molecule has 0 atom stereocenters. The molecular formula is C11H7N2S. The zero-order valence-electron chi connectivity index (χ0n) is 7.32. The van der Waals surface area contributed by atoms with Crippen molar-refractivity contribution in [1.29, 1.82) is 0 Å². The van der Waals surface area contributed by atoms with Gasteiger partial charge < -0.3 is 0 Å². The Balaban J connectivity index is 2.33. The number of aromatic nitrogens is 2. The quantitative estimate of drug-likeness (QED) is 0.641. The Morgan fingerprint density at radius 1 is 1.29 bits per heavy atom. The van der Waals surface area contributed by atoms with Crippen LogP contribution in [0.1, 0.15) is 0 Å². The molecule has 0 amide bonds. The first kappa shape index (κ1) is 7.76. The number of nitrogens with one attached hydrogen (secondary N) is 1. The van der Waals surface area contributed by atoms with E-state index in [0.717, 1.165) is 5.56 Å². The number of nitrogens with zero attached hydrogens (tertiary/aromatic N) is 1. The van der Waals surface area contributed by atoms with Crippen molar-refractivity contribution in [3.8, 4) is 11.1 Å². The minimum absolute atomic E-state index is 1.03. The summed E-state index contributed by atoms with van der Waals surface area (Å²) >= 11 is 1.75. The fourth-order valence-electron chi connectivity index (χ4n) is 1.55. The summed E-state index contributed by atoms with van der Waals surface area (Å²) in [6.07, 6.45) is 4.80. The van der Waals surface area contributed by atoms with Gasteiger partial charge in [-0.05, 0) is 11.4 Å². The van der Waals surface area contributed by atoms with Crippen LogP contribution in [0.15, 0.2) is 35.8 Å². The van der Waals surface area contributed by atoms with Crippen molar-refractivity contribution in [1.82, 2.24) is 10.2 Å². The van der Waals surface area contributed by atoms with Crippen molar-refractivity contribution in [3.05, 3.63) is 42.0 Å². The predicted molar refractivity (Wildman–Crippen MR) is 58.2 cm³/mol. The molecule has 2 heterocycles. The van der Waals surface area contributed by atoms with E-state index in [0.29, 0.717) is 0 Å². The average molecular weight is 199 g/mol. The maximum Gasteiger partial charge on any atom is 0.121 e. The second-order valence-corrected chi connectivity index (χ2v) is 3.97. The third-order valence-corrected chi connectivity index (χ3v) is 3.18. The highest BCUT2D eigenvalue weighted by Crippen LogP contribution is 2.32. The van der Waals surface area contributed by atoms with Crippen molar-refractivity contribution in [2.45, 2.75) is 0 Å². The summed E-state index contributed by atoms with van der Waals surface area (Å²) in [4.78, 5) is 0. The third kappa shape index (κ3) is 1.06. The van der Waals surface area contributed by atoms with Crippen molar-refractivity contribution in [3.63, 3.8) is 0 Å². The van der Waals surface area contributed by atoms with Crippen LogP contribution in [0.3, 0.4) is 0 Å². The van der Waals surface area contributed by atoms with Crippen molar-refractivity contribution < 1.29 is 0 Å².